The van der Waals surface area contributed by atoms with E-state index < -0.39 is 0 Å². The van der Waals surface area contributed by atoms with E-state index in [1.807, 2.05) is 30.5 Å². The molecule has 0 saturated heterocycles. The van der Waals surface area contributed by atoms with Crippen LogP contribution in [-0.4, -0.2) is 22.8 Å². The van der Waals surface area contributed by atoms with Crippen molar-refractivity contribution in [3.8, 4) is 0 Å². The molecule has 2 aromatic rings. The van der Waals surface area contributed by atoms with Gasteiger partial charge >= 0.3 is 0 Å². The highest BCUT2D eigenvalue weighted by Crippen LogP contribution is 2.17. The summed E-state index contributed by atoms with van der Waals surface area (Å²) >= 11 is 1.33. The molecule has 1 aromatic carbocycles. The number of rotatable bonds is 10. The normalized spacial score (nSPS) is 11.8. The lowest BCUT2D eigenvalue weighted by Gasteiger charge is -2.13. The number of unbranched alkanes of at least 4 members (excludes halogenated alkanes) is 3. The molecule has 140 valence electrons. The standard InChI is InChI=1S/C20H27N3O2S/c1-3-4-5-7-10-15(2)21-18(24)13-17-14-26-20(22-17)23-19(25)16-11-8-6-9-12-16/h6,8-9,11-12,14-15H,3-5,7,10,13H2,1-2H3,(H,21,24)(H,22,23,25). The van der Waals surface area contributed by atoms with Crippen LogP contribution in [0.2, 0.25) is 0 Å². The van der Waals surface area contributed by atoms with Crippen molar-refractivity contribution in [2.24, 2.45) is 0 Å². The molecule has 6 heteroatoms. The first-order valence-corrected chi connectivity index (χ1v) is 10.1. The van der Waals surface area contributed by atoms with Gasteiger partial charge < -0.3 is 5.32 Å². The summed E-state index contributed by atoms with van der Waals surface area (Å²) in [6, 6.07) is 9.17. The number of nitrogens with zero attached hydrogens (tertiary/aromatic N) is 1. The first-order chi connectivity index (χ1) is 12.6. The van der Waals surface area contributed by atoms with Gasteiger partial charge in [-0.05, 0) is 25.5 Å². The Labute approximate surface area is 159 Å². The highest BCUT2D eigenvalue weighted by atomic mass is 32.1. The second-order valence-electron chi connectivity index (χ2n) is 6.46. The lowest BCUT2D eigenvalue weighted by Crippen LogP contribution is -2.33. The number of aromatic nitrogens is 1. The highest BCUT2D eigenvalue weighted by Gasteiger charge is 2.12. The molecular weight excluding hydrogens is 346 g/mol. The number of benzene rings is 1. The quantitative estimate of drug-likeness (QED) is 0.606. The first-order valence-electron chi connectivity index (χ1n) is 9.18. The number of anilines is 1. The van der Waals surface area contributed by atoms with Gasteiger partial charge in [-0.1, -0.05) is 50.8 Å². The predicted octanol–water partition coefficient (Wildman–Crippen LogP) is 4.41. The maximum atomic E-state index is 12.1. The van der Waals surface area contributed by atoms with Crippen LogP contribution in [0.15, 0.2) is 35.7 Å². The lowest BCUT2D eigenvalue weighted by molar-refractivity contribution is -0.121. The van der Waals surface area contributed by atoms with Crippen LogP contribution in [0.1, 0.15) is 62.0 Å². The SMILES string of the molecule is CCCCCCC(C)NC(=O)Cc1csc(NC(=O)c2ccccc2)n1. The molecule has 0 radical (unpaired) electrons. The van der Waals surface area contributed by atoms with Gasteiger partial charge in [-0.2, -0.15) is 0 Å². The Hall–Kier alpha value is -2.21. The average Bonchev–Trinajstić information content (AvgIpc) is 3.06. The fourth-order valence-electron chi connectivity index (χ4n) is 2.64. The number of carbonyl (C=O) groups excluding carboxylic acids is 2. The van der Waals surface area contributed by atoms with E-state index in [4.69, 9.17) is 0 Å². The highest BCUT2D eigenvalue weighted by molar-refractivity contribution is 7.14. The molecule has 5 nitrogen and oxygen atoms in total. The van der Waals surface area contributed by atoms with Crippen LogP contribution in [0.3, 0.4) is 0 Å². The number of nitrogens with one attached hydrogen (secondary N) is 2. The van der Waals surface area contributed by atoms with Gasteiger partial charge in [0.2, 0.25) is 5.91 Å². The van der Waals surface area contributed by atoms with Crippen molar-refractivity contribution >= 4 is 28.3 Å². The lowest BCUT2D eigenvalue weighted by atomic mass is 10.1. The molecule has 1 unspecified atom stereocenters. The second kappa shape index (κ2) is 10.7. The van der Waals surface area contributed by atoms with Crippen LogP contribution >= 0.6 is 11.3 Å². The number of carbonyl (C=O) groups is 2. The molecule has 1 aromatic heterocycles. The van der Waals surface area contributed by atoms with Gasteiger partial charge in [0.1, 0.15) is 0 Å². The first kappa shape index (κ1) is 20.1. The van der Waals surface area contributed by atoms with Crippen molar-refractivity contribution < 1.29 is 9.59 Å². The van der Waals surface area contributed by atoms with E-state index in [9.17, 15) is 9.59 Å². The number of thiazole rings is 1. The molecule has 0 spiro atoms. The Morgan fingerprint density at radius 2 is 1.92 bits per heavy atom. The zero-order valence-electron chi connectivity index (χ0n) is 15.5. The van der Waals surface area contributed by atoms with Crippen molar-refractivity contribution in [3.05, 3.63) is 47.0 Å². The smallest absolute Gasteiger partial charge is 0.257 e. The van der Waals surface area contributed by atoms with Gasteiger partial charge in [0, 0.05) is 17.0 Å². The van der Waals surface area contributed by atoms with Gasteiger partial charge in [-0.15, -0.1) is 11.3 Å². The average molecular weight is 374 g/mol. The van der Waals surface area contributed by atoms with Crippen LogP contribution in [0.25, 0.3) is 0 Å². The molecule has 0 aliphatic carbocycles. The van der Waals surface area contributed by atoms with Gasteiger partial charge in [0.05, 0.1) is 12.1 Å². The van der Waals surface area contributed by atoms with E-state index in [1.165, 1.54) is 30.6 Å². The molecule has 26 heavy (non-hydrogen) atoms. The number of amides is 2. The summed E-state index contributed by atoms with van der Waals surface area (Å²) in [6.07, 6.45) is 6.05. The molecule has 0 aliphatic rings. The molecule has 2 rings (SSSR count). The number of hydrogen-bond donors (Lipinski definition) is 2. The Morgan fingerprint density at radius 3 is 2.65 bits per heavy atom. The van der Waals surface area contributed by atoms with Crippen molar-refractivity contribution in [2.75, 3.05) is 5.32 Å². The van der Waals surface area contributed by atoms with Crippen molar-refractivity contribution in [2.45, 2.75) is 58.4 Å². The van der Waals surface area contributed by atoms with Crippen LogP contribution in [0.4, 0.5) is 5.13 Å². The maximum Gasteiger partial charge on any atom is 0.257 e. The molecule has 0 bridgehead atoms. The summed E-state index contributed by atoms with van der Waals surface area (Å²) in [4.78, 5) is 28.6. The summed E-state index contributed by atoms with van der Waals surface area (Å²) in [6.45, 7) is 4.23. The second-order valence-corrected chi connectivity index (χ2v) is 7.32. The third kappa shape index (κ3) is 6.96. The van der Waals surface area contributed by atoms with E-state index in [-0.39, 0.29) is 24.3 Å². The van der Waals surface area contributed by atoms with Gasteiger partial charge in [-0.3, -0.25) is 14.9 Å². The summed E-state index contributed by atoms with van der Waals surface area (Å²) in [5.74, 6) is -0.226. The molecule has 1 atom stereocenters. The van der Waals surface area contributed by atoms with Crippen molar-refractivity contribution in [1.29, 1.82) is 0 Å². The summed E-state index contributed by atoms with van der Waals surface area (Å²) in [5.41, 5.74) is 1.26. The van der Waals surface area contributed by atoms with Crippen molar-refractivity contribution in [3.63, 3.8) is 0 Å². The minimum Gasteiger partial charge on any atom is -0.353 e. The Balaban J connectivity index is 1.76. The molecular formula is C20H27N3O2S. The van der Waals surface area contributed by atoms with Crippen LogP contribution in [0.5, 0.6) is 0 Å². The Bertz CT molecular complexity index is 700. The fraction of sp³-hybridized carbons (Fsp3) is 0.450. The zero-order chi connectivity index (χ0) is 18.8. The Morgan fingerprint density at radius 1 is 1.15 bits per heavy atom. The van der Waals surface area contributed by atoms with E-state index in [0.717, 1.165) is 12.8 Å². The summed E-state index contributed by atoms with van der Waals surface area (Å²) < 4.78 is 0. The monoisotopic (exact) mass is 373 g/mol. The van der Waals surface area contributed by atoms with Crippen LogP contribution < -0.4 is 10.6 Å². The largest absolute Gasteiger partial charge is 0.353 e. The van der Waals surface area contributed by atoms with Gasteiger partial charge in [0.25, 0.3) is 5.91 Å². The third-order valence-electron chi connectivity index (χ3n) is 4.05. The summed E-state index contributed by atoms with van der Waals surface area (Å²) in [5, 5.41) is 8.11. The van der Waals surface area contributed by atoms with Crippen LogP contribution in [-0.2, 0) is 11.2 Å². The van der Waals surface area contributed by atoms with E-state index >= 15 is 0 Å². The zero-order valence-corrected chi connectivity index (χ0v) is 16.3. The summed E-state index contributed by atoms with van der Waals surface area (Å²) in [7, 11) is 0. The van der Waals surface area contributed by atoms with Gasteiger partial charge in [-0.25, -0.2) is 4.98 Å². The van der Waals surface area contributed by atoms with E-state index in [1.54, 1.807) is 12.1 Å². The Kier molecular flexibility index (Phi) is 8.28. The minimum absolute atomic E-state index is 0.0285. The predicted molar refractivity (Wildman–Crippen MR) is 107 cm³/mol. The molecule has 1 heterocycles. The number of hydrogen-bond acceptors (Lipinski definition) is 4. The van der Waals surface area contributed by atoms with E-state index in [0.29, 0.717) is 16.4 Å². The molecule has 0 saturated carbocycles. The van der Waals surface area contributed by atoms with Gasteiger partial charge in [0.15, 0.2) is 5.13 Å². The molecule has 0 aliphatic heterocycles. The fourth-order valence-corrected chi connectivity index (χ4v) is 3.35. The van der Waals surface area contributed by atoms with E-state index in [2.05, 4.69) is 22.5 Å². The van der Waals surface area contributed by atoms with Crippen molar-refractivity contribution in [1.82, 2.24) is 10.3 Å². The molecule has 2 N–H and O–H groups in total. The minimum atomic E-state index is -0.198. The maximum absolute atomic E-state index is 12.1. The molecule has 0 fully saturated rings. The third-order valence-corrected chi connectivity index (χ3v) is 4.85. The van der Waals surface area contributed by atoms with Crippen LogP contribution in [0, 0.1) is 0 Å². The topological polar surface area (TPSA) is 71.1 Å². The molecule has 2 amide bonds.